The molecule has 0 aliphatic carbocycles. The Hall–Kier alpha value is -2.64. The summed E-state index contributed by atoms with van der Waals surface area (Å²) < 4.78 is 39.7. The van der Waals surface area contributed by atoms with Crippen molar-refractivity contribution < 1.29 is 27.6 Å². The van der Waals surface area contributed by atoms with E-state index in [1.54, 1.807) is 20.9 Å². The van der Waals surface area contributed by atoms with Crippen LogP contribution in [0.15, 0.2) is 22.7 Å². The minimum atomic E-state index is -3.04. The third-order valence-electron chi connectivity index (χ3n) is 3.56. The Bertz CT molecular complexity index is 711. The van der Waals surface area contributed by atoms with Gasteiger partial charge in [0.1, 0.15) is 17.3 Å². The van der Waals surface area contributed by atoms with Crippen molar-refractivity contribution in [3.63, 3.8) is 0 Å². The van der Waals surface area contributed by atoms with Crippen molar-refractivity contribution in [3.8, 4) is 11.5 Å². The van der Waals surface area contributed by atoms with E-state index in [1.807, 2.05) is 0 Å². The molecule has 6 nitrogen and oxygen atoms in total. The van der Waals surface area contributed by atoms with Gasteiger partial charge in [0.2, 0.25) is 0 Å². The molecule has 0 saturated heterocycles. The summed E-state index contributed by atoms with van der Waals surface area (Å²) in [6, 6.07) is 4.15. The van der Waals surface area contributed by atoms with Crippen molar-refractivity contribution >= 4 is 5.91 Å². The zero-order chi connectivity index (χ0) is 17.9. The normalized spacial score (nSPS) is 10.8. The largest absolute Gasteiger partial charge is 0.497 e. The van der Waals surface area contributed by atoms with Gasteiger partial charge in [0.25, 0.3) is 5.91 Å². The van der Waals surface area contributed by atoms with Crippen molar-refractivity contribution in [1.29, 1.82) is 0 Å². The highest BCUT2D eigenvalue weighted by Gasteiger charge is 2.22. The van der Waals surface area contributed by atoms with Crippen molar-refractivity contribution in [2.45, 2.75) is 27.0 Å². The Kier molecular flexibility index (Phi) is 5.38. The van der Waals surface area contributed by atoms with E-state index >= 15 is 0 Å². The molecule has 0 bridgehead atoms. The maximum Gasteiger partial charge on any atom is 0.387 e. The number of amides is 1. The molecule has 0 radical (unpaired) electrons. The van der Waals surface area contributed by atoms with E-state index in [2.05, 4.69) is 9.89 Å². The maximum atomic E-state index is 12.6. The molecule has 2 rings (SSSR count). The Balaban J connectivity index is 2.27. The second kappa shape index (κ2) is 7.29. The van der Waals surface area contributed by atoms with Gasteiger partial charge < -0.3 is 18.9 Å². The zero-order valence-corrected chi connectivity index (χ0v) is 13.8. The van der Waals surface area contributed by atoms with Crippen molar-refractivity contribution in [2.75, 3.05) is 14.2 Å². The number of rotatable bonds is 6. The van der Waals surface area contributed by atoms with Crippen LogP contribution in [0.3, 0.4) is 0 Å². The Morgan fingerprint density at radius 3 is 2.62 bits per heavy atom. The smallest absolute Gasteiger partial charge is 0.387 e. The molecule has 0 aliphatic rings. The third kappa shape index (κ3) is 3.81. The molecule has 0 unspecified atom stereocenters. The Morgan fingerprint density at radius 2 is 2.08 bits per heavy atom. The lowest BCUT2D eigenvalue weighted by atomic mass is 10.1. The summed E-state index contributed by atoms with van der Waals surface area (Å²) in [6.45, 7) is 0.701. The van der Waals surface area contributed by atoms with E-state index in [0.29, 0.717) is 17.2 Å². The summed E-state index contributed by atoms with van der Waals surface area (Å²) in [5.41, 5.74) is 1.46. The second-order valence-electron chi connectivity index (χ2n) is 5.20. The maximum absolute atomic E-state index is 12.6. The van der Waals surface area contributed by atoms with Gasteiger partial charge in [0.05, 0.1) is 24.9 Å². The first-order chi connectivity index (χ1) is 11.3. The van der Waals surface area contributed by atoms with Crippen LogP contribution in [0.2, 0.25) is 0 Å². The van der Waals surface area contributed by atoms with Gasteiger partial charge >= 0.3 is 6.61 Å². The van der Waals surface area contributed by atoms with Gasteiger partial charge in [-0.15, -0.1) is 0 Å². The lowest BCUT2D eigenvalue weighted by Crippen LogP contribution is -2.27. The summed E-state index contributed by atoms with van der Waals surface area (Å²) in [5, 5.41) is 3.83. The minimum absolute atomic E-state index is 0.0189. The van der Waals surface area contributed by atoms with Gasteiger partial charge in [-0.1, -0.05) is 5.16 Å². The lowest BCUT2D eigenvalue weighted by Gasteiger charge is -2.19. The number of hydrogen-bond acceptors (Lipinski definition) is 5. The first-order valence-corrected chi connectivity index (χ1v) is 7.13. The van der Waals surface area contributed by atoms with Gasteiger partial charge in [-0.05, 0) is 26.0 Å². The van der Waals surface area contributed by atoms with Crippen LogP contribution in [0.5, 0.6) is 11.5 Å². The number of alkyl halides is 2. The van der Waals surface area contributed by atoms with E-state index in [4.69, 9.17) is 9.26 Å². The molecule has 1 aromatic heterocycles. The number of aromatic nitrogens is 1. The molecule has 0 aliphatic heterocycles. The highest BCUT2D eigenvalue weighted by atomic mass is 19.3. The summed E-state index contributed by atoms with van der Waals surface area (Å²) in [7, 11) is 2.96. The molecule has 130 valence electrons. The summed E-state index contributed by atoms with van der Waals surface area (Å²) in [5.74, 6) is 0.217. The molecule has 1 heterocycles. The SMILES string of the molecule is COc1ccc(C(=O)N(C)Cc2c(C)noc2C)c(OC(F)F)c1. The average molecular weight is 340 g/mol. The monoisotopic (exact) mass is 340 g/mol. The molecule has 1 aromatic carbocycles. The molecule has 2 aromatic rings. The fourth-order valence-corrected chi connectivity index (χ4v) is 2.24. The molecule has 0 saturated carbocycles. The summed E-state index contributed by atoms with van der Waals surface area (Å²) >= 11 is 0. The van der Waals surface area contributed by atoms with Crippen LogP contribution in [0.1, 0.15) is 27.4 Å². The van der Waals surface area contributed by atoms with Gasteiger partial charge in [-0.2, -0.15) is 8.78 Å². The molecule has 0 spiro atoms. The molecular weight excluding hydrogens is 322 g/mol. The first-order valence-electron chi connectivity index (χ1n) is 7.13. The van der Waals surface area contributed by atoms with Gasteiger partial charge in [-0.25, -0.2) is 0 Å². The molecule has 0 atom stereocenters. The lowest BCUT2D eigenvalue weighted by molar-refractivity contribution is -0.0503. The molecule has 24 heavy (non-hydrogen) atoms. The van der Waals surface area contributed by atoms with E-state index < -0.39 is 12.5 Å². The van der Waals surface area contributed by atoms with Gasteiger partial charge in [-0.3, -0.25) is 4.79 Å². The number of benzene rings is 1. The molecule has 8 heteroatoms. The first kappa shape index (κ1) is 17.7. The molecule has 1 amide bonds. The van der Waals surface area contributed by atoms with Gasteiger partial charge in [0.15, 0.2) is 0 Å². The average Bonchev–Trinajstić information content (AvgIpc) is 2.85. The van der Waals surface area contributed by atoms with Crippen LogP contribution in [0.25, 0.3) is 0 Å². The number of carbonyl (C=O) groups excluding carboxylic acids is 1. The fourth-order valence-electron chi connectivity index (χ4n) is 2.24. The zero-order valence-electron chi connectivity index (χ0n) is 13.8. The van der Waals surface area contributed by atoms with Crippen molar-refractivity contribution in [1.82, 2.24) is 10.1 Å². The number of methoxy groups -OCH3 is 1. The Morgan fingerprint density at radius 1 is 1.38 bits per heavy atom. The summed E-state index contributed by atoms with van der Waals surface area (Å²) in [4.78, 5) is 14.0. The predicted molar refractivity (Wildman–Crippen MR) is 81.4 cm³/mol. The van der Waals surface area contributed by atoms with Crippen molar-refractivity contribution in [3.05, 3.63) is 40.8 Å². The number of carbonyl (C=O) groups is 1. The number of hydrogen-bond donors (Lipinski definition) is 0. The minimum Gasteiger partial charge on any atom is -0.497 e. The quantitative estimate of drug-likeness (QED) is 0.808. The number of ether oxygens (including phenoxy) is 2. The molecule has 0 N–H and O–H groups in total. The number of nitrogens with zero attached hydrogens (tertiary/aromatic N) is 2. The predicted octanol–water partition coefficient (Wildman–Crippen LogP) is 3.17. The highest BCUT2D eigenvalue weighted by Crippen LogP contribution is 2.28. The fraction of sp³-hybridized carbons (Fsp3) is 0.375. The standard InChI is InChI=1S/C16H18F2N2O4/c1-9-13(10(2)24-19-9)8-20(3)15(21)12-6-5-11(22-4)7-14(12)23-16(17)18/h5-7,16H,8H2,1-4H3. The molecule has 0 fully saturated rings. The van der Waals surface area contributed by atoms with E-state index in [-0.39, 0.29) is 17.9 Å². The van der Waals surface area contributed by atoms with Crippen LogP contribution >= 0.6 is 0 Å². The van der Waals surface area contributed by atoms with E-state index in [1.165, 1.54) is 30.2 Å². The second-order valence-corrected chi connectivity index (χ2v) is 5.20. The van der Waals surface area contributed by atoms with Crippen LogP contribution < -0.4 is 9.47 Å². The third-order valence-corrected chi connectivity index (χ3v) is 3.56. The topological polar surface area (TPSA) is 64.8 Å². The number of halogens is 2. The van der Waals surface area contributed by atoms with Crippen LogP contribution in [0.4, 0.5) is 8.78 Å². The Labute approximate surface area is 137 Å². The van der Waals surface area contributed by atoms with Crippen molar-refractivity contribution in [2.24, 2.45) is 0 Å². The summed E-state index contributed by atoms with van der Waals surface area (Å²) in [6.07, 6.45) is 0. The highest BCUT2D eigenvalue weighted by molar-refractivity contribution is 5.97. The van der Waals surface area contributed by atoms with Crippen LogP contribution in [0, 0.1) is 13.8 Å². The van der Waals surface area contributed by atoms with E-state index in [0.717, 1.165) is 5.56 Å². The van der Waals surface area contributed by atoms with E-state index in [9.17, 15) is 13.6 Å². The van der Waals surface area contributed by atoms with Crippen LogP contribution in [-0.2, 0) is 6.54 Å². The van der Waals surface area contributed by atoms with Crippen LogP contribution in [-0.4, -0.2) is 36.7 Å². The molecular formula is C16H18F2N2O4. The van der Waals surface area contributed by atoms with Gasteiger partial charge in [0, 0.05) is 18.7 Å². The number of aryl methyl sites for hydroxylation is 2.